The van der Waals surface area contributed by atoms with E-state index in [2.05, 4.69) is 55.0 Å². The number of likely N-dealkylation sites (N-methyl/N-ethyl adjacent to an activating group) is 1. The molecule has 2 aromatic rings. The molecule has 0 aliphatic rings. The number of hydrogen-bond donors (Lipinski definition) is 2. The standard InChI is InChI=1S/C16H25N3/c1-12(17)8-10-19(3)11-9-14-13(2)18-16-7-5-4-6-15(14)16/h4-7,12,18H,8-11,17H2,1-3H3. The normalized spacial score (nSPS) is 13.3. The number of aryl methyl sites for hydroxylation is 1. The average molecular weight is 259 g/mol. The maximum atomic E-state index is 5.80. The summed E-state index contributed by atoms with van der Waals surface area (Å²) in [5, 5.41) is 1.36. The fourth-order valence-electron chi connectivity index (χ4n) is 2.50. The van der Waals surface area contributed by atoms with E-state index < -0.39 is 0 Å². The van der Waals surface area contributed by atoms with E-state index in [1.54, 1.807) is 0 Å². The van der Waals surface area contributed by atoms with Crippen molar-refractivity contribution in [1.29, 1.82) is 0 Å². The lowest BCUT2D eigenvalue weighted by atomic mass is 10.1. The number of aromatic nitrogens is 1. The minimum absolute atomic E-state index is 0.289. The van der Waals surface area contributed by atoms with Gasteiger partial charge in [-0.05, 0) is 51.9 Å². The molecule has 0 saturated carbocycles. The van der Waals surface area contributed by atoms with Gasteiger partial charge in [0.15, 0.2) is 0 Å². The van der Waals surface area contributed by atoms with E-state index in [-0.39, 0.29) is 6.04 Å². The van der Waals surface area contributed by atoms with Gasteiger partial charge in [0.2, 0.25) is 0 Å². The van der Waals surface area contributed by atoms with E-state index >= 15 is 0 Å². The first kappa shape index (κ1) is 14.1. The summed E-state index contributed by atoms with van der Waals surface area (Å²) in [6, 6.07) is 8.83. The lowest BCUT2D eigenvalue weighted by molar-refractivity contribution is 0.325. The van der Waals surface area contributed by atoms with Gasteiger partial charge in [-0.3, -0.25) is 0 Å². The highest BCUT2D eigenvalue weighted by molar-refractivity contribution is 5.84. The summed E-state index contributed by atoms with van der Waals surface area (Å²) in [4.78, 5) is 5.83. The van der Waals surface area contributed by atoms with Crippen LogP contribution in [0.5, 0.6) is 0 Å². The molecule has 1 heterocycles. The third-order valence-electron chi connectivity index (χ3n) is 3.74. The molecule has 1 aromatic heterocycles. The second kappa shape index (κ2) is 6.22. The Balaban J connectivity index is 1.99. The number of rotatable bonds is 6. The smallest absolute Gasteiger partial charge is 0.0458 e. The van der Waals surface area contributed by atoms with Gasteiger partial charge < -0.3 is 15.6 Å². The molecular formula is C16H25N3. The minimum atomic E-state index is 0.289. The van der Waals surface area contributed by atoms with Crippen LogP contribution in [0.4, 0.5) is 0 Å². The fraction of sp³-hybridized carbons (Fsp3) is 0.500. The molecule has 1 unspecified atom stereocenters. The van der Waals surface area contributed by atoms with Gasteiger partial charge in [-0.15, -0.1) is 0 Å². The summed E-state index contributed by atoms with van der Waals surface area (Å²) in [5.74, 6) is 0. The largest absolute Gasteiger partial charge is 0.358 e. The first-order chi connectivity index (χ1) is 9.08. The number of benzene rings is 1. The average Bonchev–Trinajstić information content (AvgIpc) is 2.69. The molecule has 3 heteroatoms. The van der Waals surface area contributed by atoms with Gasteiger partial charge in [0.05, 0.1) is 0 Å². The zero-order valence-electron chi connectivity index (χ0n) is 12.2. The van der Waals surface area contributed by atoms with E-state index in [0.717, 1.165) is 25.9 Å². The van der Waals surface area contributed by atoms with E-state index in [1.807, 2.05) is 0 Å². The van der Waals surface area contributed by atoms with Crippen LogP contribution in [0.15, 0.2) is 24.3 Å². The SMILES string of the molecule is Cc1[nH]c2ccccc2c1CCN(C)CCC(C)N. The molecule has 1 aromatic carbocycles. The van der Waals surface area contributed by atoms with Crippen molar-refractivity contribution < 1.29 is 0 Å². The zero-order chi connectivity index (χ0) is 13.8. The summed E-state index contributed by atoms with van der Waals surface area (Å²) < 4.78 is 0. The molecule has 0 fully saturated rings. The van der Waals surface area contributed by atoms with Gasteiger partial charge in [0, 0.05) is 29.2 Å². The van der Waals surface area contributed by atoms with Crippen molar-refractivity contribution in [2.24, 2.45) is 5.73 Å². The molecule has 0 aliphatic heterocycles. The van der Waals surface area contributed by atoms with Gasteiger partial charge in [-0.25, -0.2) is 0 Å². The third-order valence-corrected chi connectivity index (χ3v) is 3.74. The van der Waals surface area contributed by atoms with Crippen LogP contribution in [0.1, 0.15) is 24.6 Å². The lowest BCUT2D eigenvalue weighted by Crippen LogP contribution is -2.27. The number of hydrogen-bond acceptors (Lipinski definition) is 2. The van der Waals surface area contributed by atoms with Crippen LogP contribution in [-0.2, 0) is 6.42 Å². The number of aromatic amines is 1. The molecule has 1 atom stereocenters. The Morgan fingerprint density at radius 2 is 2.00 bits per heavy atom. The molecule has 19 heavy (non-hydrogen) atoms. The quantitative estimate of drug-likeness (QED) is 0.838. The van der Waals surface area contributed by atoms with Gasteiger partial charge >= 0.3 is 0 Å². The summed E-state index contributed by atoms with van der Waals surface area (Å²) in [7, 11) is 2.17. The molecule has 3 N–H and O–H groups in total. The Labute approximate surface area is 115 Å². The molecule has 0 radical (unpaired) electrons. The summed E-state index contributed by atoms with van der Waals surface area (Å²) >= 11 is 0. The van der Waals surface area contributed by atoms with Crippen LogP contribution in [0.2, 0.25) is 0 Å². The second-order valence-electron chi connectivity index (χ2n) is 5.59. The van der Waals surface area contributed by atoms with Crippen molar-refractivity contribution in [2.75, 3.05) is 20.1 Å². The summed E-state index contributed by atoms with van der Waals surface area (Å²) in [5.41, 5.74) is 9.78. The highest BCUT2D eigenvalue weighted by Gasteiger charge is 2.09. The molecule has 0 bridgehead atoms. The van der Waals surface area contributed by atoms with E-state index in [0.29, 0.717) is 0 Å². The molecule has 2 rings (SSSR count). The summed E-state index contributed by atoms with van der Waals surface area (Å²) in [6.45, 7) is 6.38. The van der Waals surface area contributed by atoms with Crippen molar-refractivity contribution in [3.05, 3.63) is 35.5 Å². The highest BCUT2D eigenvalue weighted by atomic mass is 15.1. The monoisotopic (exact) mass is 259 g/mol. The zero-order valence-corrected chi connectivity index (χ0v) is 12.2. The van der Waals surface area contributed by atoms with Crippen molar-refractivity contribution in [2.45, 2.75) is 32.7 Å². The summed E-state index contributed by atoms with van der Waals surface area (Å²) in [6.07, 6.45) is 2.15. The molecule has 104 valence electrons. The number of nitrogens with one attached hydrogen (secondary N) is 1. The predicted octanol–water partition coefficient (Wildman–Crippen LogP) is 2.69. The third kappa shape index (κ3) is 3.58. The van der Waals surface area contributed by atoms with Crippen molar-refractivity contribution in [3.63, 3.8) is 0 Å². The topological polar surface area (TPSA) is 45.0 Å². The van der Waals surface area contributed by atoms with Crippen LogP contribution >= 0.6 is 0 Å². The number of H-pyrrole nitrogens is 1. The Morgan fingerprint density at radius 3 is 2.74 bits per heavy atom. The maximum absolute atomic E-state index is 5.80. The molecular weight excluding hydrogens is 234 g/mol. The van der Waals surface area contributed by atoms with Crippen LogP contribution in [-0.4, -0.2) is 36.1 Å². The van der Waals surface area contributed by atoms with Gasteiger partial charge in [-0.2, -0.15) is 0 Å². The number of nitrogens with two attached hydrogens (primary N) is 1. The first-order valence-electron chi connectivity index (χ1n) is 7.08. The second-order valence-corrected chi connectivity index (χ2v) is 5.59. The van der Waals surface area contributed by atoms with E-state index in [1.165, 1.54) is 22.2 Å². The Hall–Kier alpha value is -1.32. The molecule has 0 amide bonds. The molecule has 0 saturated heterocycles. The molecule has 0 aliphatic carbocycles. The minimum Gasteiger partial charge on any atom is -0.358 e. The lowest BCUT2D eigenvalue weighted by Gasteiger charge is -2.17. The van der Waals surface area contributed by atoms with Gasteiger partial charge in [0.1, 0.15) is 0 Å². The fourth-order valence-corrected chi connectivity index (χ4v) is 2.50. The Morgan fingerprint density at radius 1 is 1.26 bits per heavy atom. The first-order valence-corrected chi connectivity index (χ1v) is 7.08. The van der Waals surface area contributed by atoms with E-state index in [9.17, 15) is 0 Å². The number of nitrogens with zero attached hydrogens (tertiary/aromatic N) is 1. The molecule has 3 nitrogen and oxygen atoms in total. The Kier molecular flexibility index (Phi) is 4.61. The van der Waals surface area contributed by atoms with Crippen LogP contribution in [0.25, 0.3) is 10.9 Å². The van der Waals surface area contributed by atoms with Crippen LogP contribution in [0.3, 0.4) is 0 Å². The van der Waals surface area contributed by atoms with Gasteiger partial charge in [0.25, 0.3) is 0 Å². The van der Waals surface area contributed by atoms with Crippen molar-refractivity contribution in [1.82, 2.24) is 9.88 Å². The number of para-hydroxylation sites is 1. The highest BCUT2D eigenvalue weighted by Crippen LogP contribution is 2.22. The van der Waals surface area contributed by atoms with E-state index in [4.69, 9.17) is 5.73 Å². The predicted molar refractivity (Wildman–Crippen MR) is 82.5 cm³/mol. The van der Waals surface area contributed by atoms with Crippen LogP contribution < -0.4 is 5.73 Å². The Bertz CT molecular complexity index is 528. The van der Waals surface area contributed by atoms with Crippen molar-refractivity contribution >= 4 is 10.9 Å². The van der Waals surface area contributed by atoms with Crippen molar-refractivity contribution in [3.8, 4) is 0 Å². The van der Waals surface area contributed by atoms with Gasteiger partial charge in [-0.1, -0.05) is 18.2 Å². The molecule has 0 spiro atoms. The number of fused-ring (bicyclic) bond motifs is 1. The van der Waals surface area contributed by atoms with Crippen LogP contribution in [0, 0.1) is 6.92 Å². The maximum Gasteiger partial charge on any atom is 0.0458 e.